The molecule has 0 aliphatic heterocycles. The summed E-state index contributed by atoms with van der Waals surface area (Å²) in [6.07, 6.45) is 8.54. The fraction of sp³-hybridized carbons (Fsp3) is 0.636. The first-order valence-corrected chi connectivity index (χ1v) is 4.66. The Bertz CT molecular complexity index is 171. The van der Waals surface area contributed by atoms with Crippen molar-refractivity contribution in [3.05, 3.63) is 24.3 Å². The third-order valence-corrected chi connectivity index (χ3v) is 1.84. The van der Waals surface area contributed by atoms with Crippen molar-refractivity contribution in [2.24, 2.45) is 0 Å². The maximum absolute atomic E-state index is 5.22. The molecule has 1 atom stereocenters. The van der Waals surface area contributed by atoms with Crippen LogP contribution in [0.15, 0.2) is 24.3 Å². The highest BCUT2D eigenvalue weighted by molar-refractivity contribution is 4.94. The average Bonchev–Trinajstić information content (AvgIpc) is 2.23. The Kier molecular flexibility index (Phi) is 8.53. The van der Waals surface area contributed by atoms with Gasteiger partial charge in [0, 0.05) is 21.3 Å². The Labute approximate surface area is 86.4 Å². The molecule has 14 heavy (non-hydrogen) atoms. The van der Waals surface area contributed by atoms with E-state index in [9.17, 15) is 0 Å². The number of methoxy groups -OCH3 is 3. The third kappa shape index (κ3) is 5.91. The molecule has 0 fully saturated rings. The molecule has 0 aliphatic carbocycles. The van der Waals surface area contributed by atoms with Crippen molar-refractivity contribution in [1.29, 1.82) is 0 Å². The largest absolute Gasteiger partial charge is 0.377 e. The maximum Gasteiger partial charge on any atom is 0.176 e. The van der Waals surface area contributed by atoms with Crippen molar-refractivity contribution < 1.29 is 14.2 Å². The topological polar surface area (TPSA) is 27.7 Å². The second-order valence-electron chi connectivity index (χ2n) is 2.80. The molecular weight excluding hydrogens is 180 g/mol. The van der Waals surface area contributed by atoms with Gasteiger partial charge in [-0.05, 0) is 19.4 Å². The SMILES string of the molecule is C/C=C/C(C/C=C/C(OC)OC)OC. The Hall–Kier alpha value is -0.640. The Morgan fingerprint density at radius 1 is 1.00 bits per heavy atom. The summed E-state index contributed by atoms with van der Waals surface area (Å²) in [5.74, 6) is 0. The van der Waals surface area contributed by atoms with E-state index >= 15 is 0 Å². The van der Waals surface area contributed by atoms with Crippen LogP contribution in [0.1, 0.15) is 13.3 Å². The molecule has 0 radical (unpaired) electrons. The summed E-state index contributed by atoms with van der Waals surface area (Å²) in [6.45, 7) is 1.98. The van der Waals surface area contributed by atoms with Crippen LogP contribution in [0.3, 0.4) is 0 Å². The highest BCUT2D eigenvalue weighted by Crippen LogP contribution is 2.02. The van der Waals surface area contributed by atoms with Crippen LogP contribution in [0.5, 0.6) is 0 Å². The zero-order chi connectivity index (χ0) is 10.8. The zero-order valence-corrected chi connectivity index (χ0v) is 9.40. The molecular formula is C11H20O3. The molecule has 0 aliphatic rings. The molecule has 0 amide bonds. The van der Waals surface area contributed by atoms with Gasteiger partial charge in [0.2, 0.25) is 0 Å². The normalized spacial score (nSPS) is 14.6. The van der Waals surface area contributed by atoms with Gasteiger partial charge in [-0.2, -0.15) is 0 Å². The van der Waals surface area contributed by atoms with Gasteiger partial charge in [-0.3, -0.25) is 0 Å². The molecule has 0 heterocycles. The third-order valence-electron chi connectivity index (χ3n) is 1.84. The number of hydrogen-bond acceptors (Lipinski definition) is 3. The highest BCUT2D eigenvalue weighted by atomic mass is 16.7. The fourth-order valence-electron chi connectivity index (χ4n) is 1.05. The van der Waals surface area contributed by atoms with Crippen LogP contribution in [0.2, 0.25) is 0 Å². The van der Waals surface area contributed by atoms with Crippen molar-refractivity contribution >= 4 is 0 Å². The minimum Gasteiger partial charge on any atom is -0.377 e. The lowest BCUT2D eigenvalue weighted by molar-refractivity contribution is -0.0668. The molecule has 0 saturated carbocycles. The predicted molar refractivity (Wildman–Crippen MR) is 57.2 cm³/mol. The second kappa shape index (κ2) is 8.94. The number of hydrogen-bond donors (Lipinski definition) is 0. The summed E-state index contributed by atoms with van der Waals surface area (Å²) in [5.41, 5.74) is 0. The monoisotopic (exact) mass is 200 g/mol. The van der Waals surface area contributed by atoms with Gasteiger partial charge in [-0.25, -0.2) is 0 Å². The molecule has 82 valence electrons. The zero-order valence-electron chi connectivity index (χ0n) is 9.40. The van der Waals surface area contributed by atoms with E-state index in [0.717, 1.165) is 6.42 Å². The predicted octanol–water partition coefficient (Wildman–Crippen LogP) is 2.14. The minimum absolute atomic E-state index is 0.130. The highest BCUT2D eigenvalue weighted by Gasteiger charge is 2.00. The lowest BCUT2D eigenvalue weighted by Crippen LogP contribution is -2.10. The van der Waals surface area contributed by atoms with Gasteiger partial charge in [-0.1, -0.05) is 18.2 Å². The molecule has 0 rings (SSSR count). The molecule has 0 saturated heterocycles. The molecule has 1 unspecified atom stereocenters. The molecule has 0 aromatic heterocycles. The lowest BCUT2D eigenvalue weighted by Gasteiger charge is -2.09. The van der Waals surface area contributed by atoms with E-state index in [1.807, 2.05) is 31.2 Å². The first-order chi connectivity index (χ1) is 6.78. The second-order valence-corrected chi connectivity index (χ2v) is 2.80. The lowest BCUT2D eigenvalue weighted by atomic mass is 10.2. The Balaban J connectivity index is 3.87. The molecule has 0 N–H and O–H groups in total. The van der Waals surface area contributed by atoms with Crippen LogP contribution in [0.25, 0.3) is 0 Å². The molecule has 0 aromatic carbocycles. The van der Waals surface area contributed by atoms with Crippen LogP contribution >= 0.6 is 0 Å². The quantitative estimate of drug-likeness (QED) is 0.465. The first kappa shape index (κ1) is 13.4. The van der Waals surface area contributed by atoms with Crippen LogP contribution in [0, 0.1) is 0 Å². The number of allylic oxidation sites excluding steroid dienone is 1. The summed E-state index contributed by atoms with van der Waals surface area (Å²) in [5, 5.41) is 0. The van der Waals surface area contributed by atoms with Crippen molar-refractivity contribution in [2.45, 2.75) is 25.7 Å². The first-order valence-electron chi connectivity index (χ1n) is 4.66. The van der Waals surface area contributed by atoms with Crippen LogP contribution < -0.4 is 0 Å². The van der Waals surface area contributed by atoms with E-state index < -0.39 is 0 Å². The summed E-state index contributed by atoms with van der Waals surface area (Å²) >= 11 is 0. The minimum atomic E-state index is -0.266. The number of ether oxygens (including phenoxy) is 3. The van der Waals surface area contributed by atoms with Crippen molar-refractivity contribution in [1.82, 2.24) is 0 Å². The fourth-order valence-corrected chi connectivity index (χ4v) is 1.05. The molecule has 0 bridgehead atoms. The van der Waals surface area contributed by atoms with Gasteiger partial charge in [0.05, 0.1) is 6.10 Å². The maximum atomic E-state index is 5.22. The van der Waals surface area contributed by atoms with E-state index in [1.54, 1.807) is 21.3 Å². The summed E-state index contributed by atoms with van der Waals surface area (Å²) < 4.78 is 15.2. The molecule has 3 nitrogen and oxygen atoms in total. The van der Waals surface area contributed by atoms with Crippen LogP contribution in [-0.4, -0.2) is 33.7 Å². The van der Waals surface area contributed by atoms with E-state index in [4.69, 9.17) is 14.2 Å². The smallest absolute Gasteiger partial charge is 0.176 e. The van der Waals surface area contributed by atoms with Gasteiger partial charge in [0.15, 0.2) is 6.29 Å². The van der Waals surface area contributed by atoms with Crippen LogP contribution in [0.4, 0.5) is 0 Å². The summed E-state index contributed by atoms with van der Waals surface area (Å²) in [6, 6.07) is 0. The van der Waals surface area contributed by atoms with E-state index in [1.165, 1.54) is 0 Å². The van der Waals surface area contributed by atoms with E-state index in [2.05, 4.69) is 0 Å². The summed E-state index contributed by atoms with van der Waals surface area (Å²) in [7, 11) is 4.92. The van der Waals surface area contributed by atoms with Crippen LogP contribution in [-0.2, 0) is 14.2 Å². The summed E-state index contributed by atoms with van der Waals surface area (Å²) in [4.78, 5) is 0. The van der Waals surface area contributed by atoms with Gasteiger partial charge < -0.3 is 14.2 Å². The molecule has 3 heteroatoms. The standard InChI is InChI=1S/C11H20O3/c1-5-7-10(12-2)8-6-9-11(13-3)14-4/h5-7,9-11H,8H2,1-4H3/b7-5+,9-6+. The Morgan fingerprint density at radius 2 is 1.64 bits per heavy atom. The Morgan fingerprint density at radius 3 is 2.07 bits per heavy atom. The van der Waals surface area contributed by atoms with Gasteiger partial charge in [-0.15, -0.1) is 0 Å². The van der Waals surface area contributed by atoms with Crippen molar-refractivity contribution in [2.75, 3.05) is 21.3 Å². The van der Waals surface area contributed by atoms with Gasteiger partial charge in [0.25, 0.3) is 0 Å². The molecule has 0 spiro atoms. The van der Waals surface area contributed by atoms with E-state index in [0.29, 0.717) is 0 Å². The van der Waals surface area contributed by atoms with Gasteiger partial charge >= 0.3 is 0 Å². The van der Waals surface area contributed by atoms with E-state index in [-0.39, 0.29) is 12.4 Å². The van der Waals surface area contributed by atoms with Crippen molar-refractivity contribution in [3.8, 4) is 0 Å². The number of rotatable bonds is 7. The molecule has 0 aromatic rings. The van der Waals surface area contributed by atoms with Gasteiger partial charge in [0.1, 0.15) is 0 Å². The van der Waals surface area contributed by atoms with Crippen molar-refractivity contribution in [3.63, 3.8) is 0 Å². The average molecular weight is 200 g/mol.